The van der Waals surface area contributed by atoms with Crippen LogP contribution in [0.4, 0.5) is 34.1 Å². The molecule has 0 aliphatic heterocycles. The van der Waals surface area contributed by atoms with Crippen molar-refractivity contribution in [3.8, 4) is 44.5 Å². The highest BCUT2D eigenvalue weighted by Gasteiger charge is 2.54. The minimum absolute atomic E-state index is 0.0702. The zero-order chi connectivity index (χ0) is 57.3. The Hall–Kier alpha value is -9.25. The van der Waals surface area contributed by atoms with Crippen molar-refractivity contribution in [2.75, 3.05) is 9.80 Å². The Kier molecular flexibility index (Phi) is 10.1. The number of aryl methyl sites for hydroxylation is 1. The number of para-hydroxylation sites is 1. The SMILES string of the molecule is [2H]c1c([2H])c([2H])c2c(c1[2H])-c1cc(C)cnc1C21c2cc(N(c3ccc(-c4ccccc4)cc3)c3ccc(C(C)(C)C)cc3)ccc2-c2c1cc(N(c1ccc(-c3ccccc3)cc1)c1ccc(C(C)(C)C)cc1)c1c2oc2ccccc21. The van der Waals surface area contributed by atoms with E-state index in [4.69, 9.17) is 9.40 Å². The maximum Gasteiger partial charge on any atom is 0.145 e. The molecule has 12 aromatic rings. The maximum absolute atomic E-state index is 10.2. The molecule has 1 atom stereocenters. The minimum atomic E-state index is -1.38. The Bertz CT molecular complexity index is 4540. The molecule has 4 heteroatoms. The molecule has 0 saturated carbocycles. The molecule has 0 bridgehead atoms. The van der Waals surface area contributed by atoms with E-state index in [1.807, 2.05) is 43.5 Å². The summed E-state index contributed by atoms with van der Waals surface area (Å²) in [5.74, 6) is 0. The van der Waals surface area contributed by atoms with E-state index in [1.165, 1.54) is 11.1 Å². The molecule has 0 radical (unpaired) electrons. The monoisotopic (exact) mass is 1020 g/mol. The molecular formula is C75H61N3O. The quantitative estimate of drug-likeness (QED) is 0.152. The first kappa shape index (κ1) is 43.8. The summed E-state index contributed by atoms with van der Waals surface area (Å²) in [6, 6.07) is 74.4. The number of hydrogen-bond donors (Lipinski definition) is 0. The summed E-state index contributed by atoms with van der Waals surface area (Å²) in [6.45, 7) is 15.4. The fourth-order valence-electron chi connectivity index (χ4n) is 12.4. The molecule has 0 saturated heterocycles. The third-order valence-corrected chi connectivity index (χ3v) is 16.4. The van der Waals surface area contributed by atoms with Gasteiger partial charge in [0.05, 0.1) is 27.7 Å². The maximum atomic E-state index is 10.2. The molecule has 382 valence electrons. The molecule has 2 aliphatic carbocycles. The van der Waals surface area contributed by atoms with Gasteiger partial charge in [-0.3, -0.25) is 4.98 Å². The van der Waals surface area contributed by atoms with Crippen LogP contribution in [0.5, 0.6) is 0 Å². The van der Waals surface area contributed by atoms with E-state index in [0.717, 1.165) is 101 Å². The number of benzene rings is 10. The summed E-state index contributed by atoms with van der Waals surface area (Å²) in [6.07, 6.45) is 1.87. The van der Waals surface area contributed by atoms with E-state index in [1.54, 1.807) is 0 Å². The standard InChI is InChI=1S/C75H61N3O/c1-48-44-63-60-22-14-16-24-64(60)75(72(63)76-47-48)65-45-59(77(56-38-30-53(31-39-56)73(2,3)4)55-34-26-51(27-35-55)49-18-10-8-11-19-49)42-43-61(65)69-66(75)46-67(70-62-23-15-17-25-68(62)79-71(69)70)78(58-40-32-54(33-41-58)74(5,6)7)57-36-28-52(29-37-57)50-20-12-9-13-21-50/h8-47H,1-7H3/i14D,16D,22D,24D. The predicted molar refractivity (Wildman–Crippen MR) is 330 cm³/mol. The van der Waals surface area contributed by atoms with Crippen molar-refractivity contribution >= 4 is 56.1 Å². The topological polar surface area (TPSA) is 32.5 Å². The Morgan fingerprint density at radius 3 is 1.54 bits per heavy atom. The van der Waals surface area contributed by atoms with Crippen LogP contribution in [0, 0.1) is 6.92 Å². The summed E-state index contributed by atoms with van der Waals surface area (Å²) >= 11 is 0. The van der Waals surface area contributed by atoms with E-state index >= 15 is 0 Å². The van der Waals surface area contributed by atoms with E-state index in [-0.39, 0.29) is 35.0 Å². The summed E-state index contributed by atoms with van der Waals surface area (Å²) in [7, 11) is 0. The highest BCUT2D eigenvalue weighted by atomic mass is 16.3. The second kappa shape index (κ2) is 18.2. The van der Waals surface area contributed by atoms with Gasteiger partial charge < -0.3 is 14.2 Å². The van der Waals surface area contributed by atoms with Crippen LogP contribution < -0.4 is 9.80 Å². The largest absolute Gasteiger partial charge is 0.455 e. The van der Waals surface area contributed by atoms with Gasteiger partial charge in [0.1, 0.15) is 11.2 Å². The third kappa shape index (κ3) is 7.75. The van der Waals surface area contributed by atoms with E-state index in [9.17, 15) is 5.48 Å². The normalized spacial score (nSPS) is 15.0. The molecule has 0 fully saturated rings. The number of anilines is 6. The van der Waals surface area contributed by atoms with E-state index < -0.39 is 5.41 Å². The third-order valence-electron chi connectivity index (χ3n) is 16.4. The molecule has 0 N–H and O–H groups in total. The minimum Gasteiger partial charge on any atom is -0.455 e. The van der Waals surface area contributed by atoms with Gasteiger partial charge in [0.2, 0.25) is 0 Å². The van der Waals surface area contributed by atoms with Crippen LogP contribution in [0.25, 0.3) is 66.4 Å². The van der Waals surface area contributed by atoms with Gasteiger partial charge in [-0.25, -0.2) is 0 Å². The van der Waals surface area contributed by atoms with Crippen LogP contribution >= 0.6 is 0 Å². The average Bonchev–Trinajstić information content (AvgIpc) is 2.34. The van der Waals surface area contributed by atoms with Gasteiger partial charge in [0.25, 0.3) is 0 Å². The molecular weight excluding hydrogens is 959 g/mol. The van der Waals surface area contributed by atoms with Crippen LogP contribution in [0.3, 0.4) is 0 Å². The summed E-state index contributed by atoms with van der Waals surface area (Å²) in [4.78, 5) is 10.1. The molecule has 10 aromatic carbocycles. The van der Waals surface area contributed by atoms with Crippen LogP contribution in [0.2, 0.25) is 0 Å². The fraction of sp³-hybridized carbons (Fsp3) is 0.133. The second-order valence-electron chi connectivity index (χ2n) is 23.3. The molecule has 0 amide bonds. The number of aromatic nitrogens is 1. The van der Waals surface area contributed by atoms with Crippen molar-refractivity contribution < 1.29 is 9.90 Å². The van der Waals surface area contributed by atoms with Crippen molar-refractivity contribution in [2.45, 2.75) is 64.7 Å². The van der Waals surface area contributed by atoms with Gasteiger partial charge in [-0.05, 0) is 163 Å². The van der Waals surface area contributed by atoms with Crippen LogP contribution in [0.15, 0.2) is 247 Å². The Morgan fingerprint density at radius 1 is 0.456 bits per heavy atom. The molecule has 1 spiro atoms. The highest BCUT2D eigenvalue weighted by Crippen LogP contribution is 2.66. The molecule has 79 heavy (non-hydrogen) atoms. The number of pyridine rings is 1. The lowest BCUT2D eigenvalue weighted by atomic mass is 9.72. The first-order valence-corrected chi connectivity index (χ1v) is 27.3. The first-order valence-electron chi connectivity index (χ1n) is 29.3. The van der Waals surface area contributed by atoms with Crippen molar-refractivity contribution in [1.29, 1.82) is 0 Å². The first-order chi connectivity index (χ1) is 40.0. The smallest absolute Gasteiger partial charge is 0.145 e. The highest BCUT2D eigenvalue weighted by molar-refractivity contribution is 6.20. The van der Waals surface area contributed by atoms with Crippen LogP contribution in [-0.2, 0) is 16.2 Å². The molecule has 2 aromatic heterocycles. The van der Waals surface area contributed by atoms with Crippen molar-refractivity contribution in [3.63, 3.8) is 0 Å². The Labute approximate surface area is 469 Å². The van der Waals surface area contributed by atoms with Gasteiger partial charge in [-0.2, -0.15) is 0 Å². The number of hydrogen-bond acceptors (Lipinski definition) is 4. The predicted octanol–water partition coefficient (Wildman–Crippen LogP) is 20.5. The van der Waals surface area contributed by atoms with E-state index in [0.29, 0.717) is 28.0 Å². The number of fused-ring (bicyclic) bond motifs is 14. The second-order valence-corrected chi connectivity index (χ2v) is 23.3. The fourth-order valence-corrected chi connectivity index (χ4v) is 12.4. The van der Waals surface area contributed by atoms with E-state index in [2.05, 4.69) is 233 Å². The summed E-state index contributed by atoms with van der Waals surface area (Å²) < 4.78 is 46.2. The summed E-state index contributed by atoms with van der Waals surface area (Å²) in [5, 5.41) is 1.87. The van der Waals surface area contributed by atoms with Crippen molar-refractivity contribution in [3.05, 3.63) is 282 Å². The molecule has 14 rings (SSSR count). The van der Waals surface area contributed by atoms with Gasteiger partial charge in [0.15, 0.2) is 0 Å². The zero-order valence-electron chi connectivity index (χ0n) is 49.5. The molecule has 2 heterocycles. The van der Waals surface area contributed by atoms with Crippen LogP contribution in [0.1, 0.15) is 86.1 Å². The number of furan rings is 1. The lowest BCUT2D eigenvalue weighted by molar-refractivity contribution is 0.590. The number of nitrogens with zero attached hydrogens (tertiary/aromatic N) is 3. The molecule has 2 aliphatic rings. The lowest BCUT2D eigenvalue weighted by Gasteiger charge is -2.33. The zero-order valence-corrected chi connectivity index (χ0v) is 45.5. The van der Waals surface area contributed by atoms with Crippen molar-refractivity contribution in [1.82, 2.24) is 4.98 Å². The molecule has 1 unspecified atom stereocenters. The van der Waals surface area contributed by atoms with Crippen LogP contribution in [-0.4, -0.2) is 4.98 Å². The Morgan fingerprint density at radius 2 is 0.962 bits per heavy atom. The van der Waals surface area contributed by atoms with Crippen molar-refractivity contribution in [2.24, 2.45) is 0 Å². The summed E-state index contributed by atoms with van der Waals surface area (Å²) in [5.41, 5.74) is 18.8. The number of rotatable bonds is 8. The van der Waals surface area contributed by atoms with Gasteiger partial charge in [-0.1, -0.05) is 199 Å². The van der Waals surface area contributed by atoms with Gasteiger partial charge in [-0.15, -0.1) is 0 Å². The van der Waals surface area contributed by atoms with Gasteiger partial charge >= 0.3 is 0 Å². The molecule has 4 nitrogen and oxygen atoms in total. The lowest BCUT2D eigenvalue weighted by Crippen LogP contribution is -2.27. The Balaban J connectivity index is 1.10. The van der Waals surface area contributed by atoms with Gasteiger partial charge in [0, 0.05) is 51.1 Å². The average molecular weight is 1020 g/mol.